The second-order valence-electron chi connectivity index (χ2n) is 10.5. The standard InChI is InChI=1S/C30H34N6O3/c1-18-12-19(2)14-22(13-18)36-27(17-26(35-36)30(4,5)6)34-29(38)33-21-8-9-25(20(3)15-21)39-23-10-11-32-24(16-23)28(37)31-7/h8-17H,1-7H3,(H,31,37)(H2,33,34,38). The molecule has 0 spiro atoms. The smallest absolute Gasteiger partial charge is 0.324 e. The van der Waals surface area contributed by atoms with Crippen molar-refractivity contribution < 1.29 is 14.3 Å². The molecule has 0 atom stereocenters. The summed E-state index contributed by atoms with van der Waals surface area (Å²) < 4.78 is 7.73. The number of carbonyl (C=O) groups is 2. The van der Waals surface area contributed by atoms with Crippen LogP contribution in [-0.2, 0) is 5.41 Å². The molecule has 0 unspecified atom stereocenters. The molecule has 9 nitrogen and oxygen atoms in total. The summed E-state index contributed by atoms with van der Waals surface area (Å²) >= 11 is 0. The number of ether oxygens (including phenoxy) is 1. The van der Waals surface area contributed by atoms with E-state index in [1.807, 2.05) is 45.0 Å². The minimum atomic E-state index is -0.390. The normalized spacial score (nSPS) is 11.2. The average molecular weight is 527 g/mol. The molecule has 0 radical (unpaired) electrons. The second kappa shape index (κ2) is 11.0. The van der Waals surface area contributed by atoms with E-state index in [2.05, 4.69) is 47.8 Å². The zero-order chi connectivity index (χ0) is 28.3. The van der Waals surface area contributed by atoms with E-state index in [-0.39, 0.29) is 17.0 Å². The maximum absolute atomic E-state index is 13.0. The lowest BCUT2D eigenvalue weighted by Crippen LogP contribution is -2.21. The van der Waals surface area contributed by atoms with E-state index in [4.69, 9.17) is 9.84 Å². The Balaban J connectivity index is 1.52. The predicted molar refractivity (Wildman–Crippen MR) is 153 cm³/mol. The van der Waals surface area contributed by atoms with Gasteiger partial charge in [0.2, 0.25) is 0 Å². The molecule has 0 saturated heterocycles. The summed E-state index contributed by atoms with van der Waals surface area (Å²) in [5.74, 6) is 1.36. The van der Waals surface area contributed by atoms with E-state index >= 15 is 0 Å². The van der Waals surface area contributed by atoms with Crippen molar-refractivity contribution in [1.82, 2.24) is 20.1 Å². The van der Waals surface area contributed by atoms with Crippen LogP contribution < -0.4 is 20.7 Å². The quantitative estimate of drug-likeness (QED) is 0.274. The highest BCUT2D eigenvalue weighted by Crippen LogP contribution is 2.29. The Kier molecular flexibility index (Phi) is 7.71. The largest absolute Gasteiger partial charge is 0.457 e. The topological polar surface area (TPSA) is 110 Å². The fraction of sp³-hybridized carbons (Fsp3) is 0.267. The summed E-state index contributed by atoms with van der Waals surface area (Å²) in [5.41, 5.74) is 5.45. The highest BCUT2D eigenvalue weighted by atomic mass is 16.5. The predicted octanol–water partition coefficient (Wildman–Crippen LogP) is 6.29. The maximum atomic E-state index is 13.0. The SMILES string of the molecule is CNC(=O)c1cc(Oc2ccc(NC(=O)Nc3cc(C(C)(C)C)nn3-c3cc(C)cc(C)c3)cc2C)ccn1. The fourth-order valence-electron chi connectivity index (χ4n) is 4.08. The van der Waals surface area contributed by atoms with E-state index in [1.54, 1.807) is 36.0 Å². The molecule has 4 rings (SSSR count). The van der Waals surface area contributed by atoms with E-state index < -0.39 is 6.03 Å². The number of rotatable bonds is 6. The number of amides is 3. The van der Waals surface area contributed by atoms with Gasteiger partial charge in [-0.3, -0.25) is 15.1 Å². The molecule has 3 N–H and O–H groups in total. The van der Waals surface area contributed by atoms with Crippen molar-refractivity contribution in [2.45, 2.75) is 47.0 Å². The molecule has 0 bridgehead atoms. The minimum absolute atomic E-state index is 0.195. The second-order valence-corrected chi connectivity index (χ2v) is 10.5. The monoisotopic (exact) mass is 526 g/mol. The summed E-state index contributed by atoms with van der Waals surface area (Å²) in [4.78, 5) is 29.0. The molecule has 2 heterocycles. The van der Waals surface area contributed by atoms with Crippen LogP contribution in [0.2, 0.25) is 0 Å². The van der Waals surface area contributed by atoms with Crippen LogP contribution in [0.5, 0.6) is 11.5 Å². The highest BCUT2D eigenvalue weighted by molar-refractivity contribution is 5.99. The Morgan fingerprint density at radius 2 is 1.62 bits per heavy atom. The van der Waals surface area contributed by atoms with Crippen molar-refractivity contribution in [3.63, 3.8) is 0 Å². The van der Waals surface area contributed by atoms with Crippen LogP contribution in [0.15, 0.2) is 60.8 Å². The van der Waals surface area contributed by atoms with E-state index in [0.29, 0.717) is 23.0 Å². The van der Waals surface area contributed by atoms with Gasteiger partial charge in [-0.05, 0) is 73.9 Å². The zero-order valence-corrected chi connectivity index (χ0v) is 23.3. The van der Waals surface area contributed by atoms with Crippen LogP contribution in [0.25, 0.3) is 5.69 Å². The number of aromatic nitrogens is 3. The number of pyridine rings is 1. The molecule has 3 amide bonds. The van der Waals surface area contributed by atoms with Crippen molar-refractivity contribution in [2.24, 2.45) is 0 Å². The van der Waals surface area contributed by atoms with E-state index in [0.717, 1.165) is 28.1 Å². The molecule has 4 aromatic rings. The summed E-state index contributed by atoms with van der Waals surface area (Å²) in [6, 6.07) is 16.3. The molecule has 39 heavy (non-hydrogen) atoms. The molecule has 0 aliphatic carbocycles. The Hall–Kier alpha value is -4.66. The number of aryl methyl sites for hydroxylation is 3. The first-order valence-electron chi connectivity index (χ1n) is 12.7. The van der Waals surface area contributed by atoms with Crippen LogP contribution >= 0.6 is 0 Å². The number of hydrogen-bond acceptors (Lipinski definition) is 5. The molecule has 2 aromatic heterocycles. The Labute approximate surface area is 228 Å². The van der Waals surface area contributed by atoms with Crippen molar-refractivity contribution in [2.75, 3.05) is 17.7 Å². The van der Waals surface area contributed by atoms with Gasteiger partial charge in [0, 0.05) is 36.5 Å². The van der Waals surface area contributed by atoms with Gasteiger partial charge in [-0.15, -0.1) is 0 Å². The number of carbonyl (C=O) groups excluding carboxylic acids is 2. The third-order valence-corrected chi connectivity index (χ3v) is 6.02. The van der Waals surface area contributed by atoms with E-state index in [9.17, 15) is 9.59 Å². The lowest BCUT2D eigenvalue weighted by molar-refractivity contribution is 0.0958. The third-order valence-electron chi connectivity index (χ3n) is 6.02. The molecule has 9 heteroatoms. The molecule has 0 fully saturated rings. The molecule has 202 valence electrons. The summed E-state index contributed by atoms with van der Waals surface area (Å²) in [6.45, 7) is 12.2. The van der Waals surface area contributed by atoms with Gasteiger partial charge in [0.15, 0.2) is 0 Å². The minimum Gasteiger partial charge on any atom is -0.457 e. The van der Waals surface area contributed by atoms with Gasteiger partial charge in [0.1, 0.15) is 23.0 Å². The summed E-state index contributed by atoms with van der Waals surface area (Å²) in [7, 11) is 1.55. The first-order chi connectivity index (χ1) is 18.4. The first-order valence-corrected chi connectivity index (χ1v) is 12.7. The molecule has 2 aromatic carbocycles. The van der Waals surface area contributed by atoms with Crippen molar-refractivity contribution >= 4 is 23.4 Å². The number of anilines is 2. The first kappa shape index (κ1) is 27.4. The highest BCUT2D eigenvalue weighted by Gasteiger charge is 2.22. The van der Waals surface area contributed by atoms with Crippen LogP contribution in [0.4, 0.5) is 16.3 Å². The average Bonchev–Trinajstić information content (AvgIpc) is 3.29. The number of hydrogen-bond donors (Lipinski definition) is 3. The fourth-order valence-corrected chi connectivity index (χ4v) is 4.08. The Morgan fingerprint density at radius 1 is 0.897 bits per heavy atom. The number of nitrogens with one attached hydrogen (secondary N) is 3. The van der Waals surface area contributed by atoms with Crippen molar-refractivity contribution in [3.8, 4) is 17.2 Å². The summed E-state index contributed by atoms with van der Waals surface area (Å²) in [5, 5.41) is 13.2. The molecule has 0 aliphatic rings. The third kappa shape index (κ3) is 6.62. The van der Waals surface area contributed by atoms with Crippen molar-refractivity contribution in [3.05, 3.63) is 88.9 Å². The number of urea groups is 1. The number of nitrogens with zero attached hydrogens (tertiary/aromatic N) is 3. The lowest BCUT2D eigenvalue weighted by Gasteiger charge is -2.14. The molecular weight excluding hydrogens is 492 g/mol. The van der Waals surface area contributed by atoms with Gasteiger partial charge in [0.25, 0.3) is 5.91 Å². The van der Waals surface area contributed by atoms with Crippen LogP contribution in [0.1, 0.15) is 53.6 Å². The van der Waals surface area contributed by atoms with E-state index in [1.165, 1.54) is 6.20 Å². The van der Waals surface area contributed by atoms with Gasteiger partial charge in [0.05, 0.1) is 11.4 Å². The van der Waals surface area contributed by atoms with Crippen LogP contribution in [-0.4, -0.2) is 33.8 Å². The molecule has 0 saturated carbocycles. The van der Waals surface area contributed by atoms with Gasteiger partial charge in [-0.25, -0.2) is 9.48 Å². The zero-order valence-electron chi connectivity index (χ0n) is 23.3. The molecule has 0 aliphatic heterocycles. The summed E-state index contributed by atoms with van der Waals surface area (Å²) in [6.07, 6.45) is 1.52. The lowest BCUT2D eigenvalue weighted by atomic mass is 9.92. The van der Waals surface area contributed by atoms with Gasteiger partial charge < -0.3 is 15.4 Å². The van der Waals surface area contributed by atoms with Crippen LogP contribution in [0, 0.1) is 20.8 Å². The van der Waals surface area contributed by atoms with Gasteiger partial charge in [-0.1, -0.05) is 26.8 Å². The maximum Gasteiger partial charge on any atom is 0.324 e. The number of benzene rings is 2. The molecular formula is C30H34N6O3. The van der Waals surface area contributed by atoms with Crippen molar-refractivity contribution in [1.29, 1.82) is 0 Å². The van der Waals surface area contributed by atoms with Crippen LogP contribution in [0.3, 0.4) is 0 Å². The van der Waals surface area contributed by atoms with Gasteiger partial charge in [-0.2, -0.15) is 5.10 Å². The van der Waals surface area contributed by atoms with Gasteiger partial charge >= 0.3 is 6.03 Å². The Bertz CT molecular complexity index is 1510. The Morgan fingerprint density at radius 3 is 2.26 bits per heavy atom.